The Labute approximate surface area is 103 Å². The molecule has 1 aromatic carbocycles. The van der Waals surface area contributed by atoms with E-state index in [1.165, 1.54) is 5.56 Å². The quantitative estimate of drug-likeness (QED) is 0.880. The van der Waals surface area contributed by atoms with Crippen molar-refractivity contribution in [1.29, 1.82) is 0 Å². The van der Waals surface area contributed by atoms with Gasteiger partial charge in [-0.05, 0) is 43.1 Å². The molecule has 0 aliphatic rings. The summed E-state index contributed by atoms with van der Waals surface area (Å²) in [5.74, 6) is 0. The fraction of sp³-hybridized carbons (Fsp3) is 0.273. The van der Waals surface area contributed by atoms with Gasteiger partial charge in [-0.3, -0.25) is 0 Å². The van der Waals surface area contributed by atoms with Gasteiger partial charge in [-0.1, -0.05) is 23.2 Å². The number of fused-ring (bicyclic) bond motifs is 1. The number of benzene rings is 1. The minimum absolute atomic E-state index is 0.787. The molecule has 0 fully saturated rings. The SMILES string of the molecule is CNCCc1csc2c(Cl)ccc(Cl)c12. The molecule has 0 saturated carbocycles. The highest BCUT2D eigenvalue weighted by atomic mass is 35.5. The maximum atomic E-state index is 6.18. The van der Waals surface area contributed by atoms with E-state index in [1.807, 2.05) is 19.2 Å². The molecule has 0 amide bonds. The number of rotatable bonds is 3. The van der Waals surface area contributed by atoms with Crippen LogP contribution in [0.15, 0.2) is 17.5 Å². The first-order valence-corrected chi connectivity index (χ1v) is 6.36. The lowest BCUT2D eigenvalue weighted by molar-refractivity contribution is 0.796. The normalized spacial score (nSPS) is 11.1. The second kappa shape index (κ2) is 4.71. The summed E-state index contributed by atoms with van der Waals surface area (Å²) in [4.78, 5) is 0. The predicted molar refractivity (Wildman–Crippen MR) is 69.5 cm³/mol. The first kappa shape index (κ1) is 11.2. The number of thiophene rings is 1. The average molecular weight is 260 g/mol. The minimum Gasteiger partial charge on any atom is -0.319 e. The van der Waals surface area contributed by atoms with E-state index in [2.05, 4.69) is 10.7 Å². The summed E-state index contributed by atoms with van der Waals surface area (Å²) in [6, 6.07) is 3.71. The molecular formula is C11H11Cl2NS. The van der Waals surface area contributed by atoms with Crippen LogP contribution in [0.4, 0.5) is 0 Å². The molecule has 1 N–H and O–H groups in total. The fourth-order valence-electron chi connectivity index (χ4n) is 1.58. The standard InChI is InChI=1S/C11H11Cl2NS/c1-14-5-4-7-6-15-11-9(13)3-2-8(12)10(7)11/h2-3,6,14H,4-5H2,1H3. The molecular weight excluding hydrogens is 249 g/mol. The van der Waals surface area contributed by atoms with Crippen molar-refractivity contribution in [2.45, 2.75) is 6.42 Å². The van der Waals surface area contributed by atoms with Crippen LogP contribution in [0.2, 0.25) is 10.0 Å². The molecule has 15 heavy (non-hydrogen) atoms. The monoisotopic (exact) mass is 259 g/mol. The highest BCUT2D eigenvalue weighted by Crippen LogP contribution is 2.37. The van der Waals surface area contributed by atoms with Gasteiger partial charge in [0.25, 0.3) is 0 Å². The van der Waals surface area contributed by atoms with Crippen molar-refractivity contribution in [3.63, 3.8) is 0 Å². The van der Waals surface area contributed by atoms with Gasteiger partial charge in [0.2, 0.25) is 0 Å². The van der Waals surface area contributed by atoms with Crippen molar-refractivity contribution in [2.24, 2.45) is 0 Å². The average Bonchev–Trinajstić information content (AvgIpc) is 2.65. The summed E-state index contributed by atoms with van der Waals surface area (Å²) < 4.78 is 1.09. The lowest BCUT2D eigenvalue weighted by atomic mass is 10.1. The van der Waals surface area contributed by atoms with Crippen molar-refractivity contribution in [3.05, 3.63) is 33.1 Å². The van der Waals surface area contributed by atoms with Gasteiger partial charge in [0.05, 0.1) is 9.72 Å². The molecule has 0 bridgehead atoms. The Morgan fingerprint density at radius 2 is 2.00 bits per heavy atom. The number of hydrogen-bond acceptors (Lipinski definition) is 2. The van der Waals surface area contributed by atoms with Crippen LogP contribution in [0.25, 0.3) is 10.1 Å². The molecule has 2 aromatic rings. The van der Waals surface area contributed by atoms with Crippen LogP contribution in [0.3, 0.4) is 0 Å². The number of nitrogens with one attached hydrogen (secondary N) is 1. The molecule has 1 heterocycles. The first-order chi connectivity index (χ1) is 7.24. The number of halogens is 2. The molecule has 0 spiro atoms. The van der Waals surface area contributed by atoms with E-state index in [0.29, 0.717) is 0 Å². The lowest BCUT2D eigenvalue weighted by Gasteiger charge is -2.01. The molecule has 80 valence electrons. The summed E-state index contributed by atoms with van der Waals surface area (Å²) in [5, 5.41) is 7.97. The molecule has 1 aromatic heterocycles. The molecule has 1 nitrogen and oxygen atoms in total. The predicted octanol–water partition coefficient (Wildman–Crippen LogP) is 3.97. The van der Waals surface area contributed by atoms with Crippen molar-refractivity contribution >= 4 is 44.6 Å². The van der Waals surface area contributed by atoms with E-state index in [0.717, 1.165) is 33.1 Å². The molecule has 2 rings (SSSR count). The molecule has 0 atom stereocenters. The highest BCUT2D eigenvalue weighted by Gasteiger charge is 2.10. The lowest BCUT2D eigenvalue weighted by Crippen LogP contribution is -2.09. The summed E-state index contributed by atoms with van der Waals surface area (Å²) >= 11 is 14.0. The van der Waals surface area contributed by atoms with Gasteiger partial charge >= 0.3 is 0 Å². The van der Waals surface area contributed by atoms with Gasteiger partial charge < -0.3 is 5.32 Å². The maximum absolute atomic E-state index is 6.18. The van der Waals surface area contributed by atoms with Crippen molar-refractivity contribution in [1.82, 2.24) is 5.32 Å². The first-order valence-electron chi connectivity index (χ1n) is 4.72. The van der Waals surface area contributed by atoms with Crippen LogP contribution < -0.4 is 5.32 Å². The zero-order valence-corrected chi connectivity index (χ0v) is 10.6. The van der Waals surface area contributed by atoms with E-state index in [-0.39, 0.29) is 0 Å². The van der Waals surface area contributed by atoms with E-state index in [9.17, 15) is 0 Å². The van der Waals surface area contributed by atoms with Gasteiger partial charge in [-0.2, -0.15) is 0 Å². The molecule has 0 saturated heterocycles. The Morgan fingerprint density at radius 3 is 2.73 bits per heavy atom. The van der Waals surface area contributed by atoms with E-state index >= 15 is 0 Å². The van der Waals surface area contributed by atoms with Crippen LogP contribution in [-0.4, -0.2) is 13.6 Å². The Balaban J connectivity index is 2.53. The van der Waals surface area contributed by atoms with E-state index < -0.39 is 0 Å². The summed E-state index contributed by atoms with van der Waals surface area (Å²) in [7, 11) is 1.95. The Bertz CT molecular complexity index is 479. The van der Waals surface area contributed by atoms with Crippen LogP contribution in [0.5, 0.6) is 0 Å². The number of likely N-dealkylation sites (N-methyl/N-ethyl adjacent to an activating group) is 1. The third-order valence-corrected chi connectivity index (χ3v) is 4.15. The van der Waals surface area contributed by atoms with Crippen LogP contribution in [0, 0.1) is 0 Å². The van der Waals surface area contributed by atoms with Gasteiger partial charge in [0.1, 0.15) is 0 Å². The zero-order chi connectivity index (χ0) is 10.8. The largest absolute Gasteiger partial charge is 0.319 e. The van der Waals surface area contributed by atoms with E-state index in [4.69, 9.17) is 23.2 Å². The fourth-order valence-corrected chi connectivity index (χ4v) is 3.24. The van der Waals surface area contributed by atoms with Crippen molar-refractivity contribution in [3.8, 4) is 0 Å². The summed E-state index contributed by atoms with van der Waals surface area (Å²) in [5.41, 5.74) is 1.27. The smallest absolute Gasteiger partial charge is 0.0585 e. The van der Waals surface area contributed by atoms with Gasteiger partial charge in [0.15, 0.2) is 0 Å². The zero-order valence-electron chi connectivity index (χ0n) is 8.31. The summed E-state index contributed by atoms with van der Waals surface area (Å²) in [6.07, 6.45) is 0.983. The van der Waals surface area contributed by atoms with Gasteiger partial charge in [0, 0.05) is 10.4 Å². The molecule has 4 heteroatoms. The Kier molecular flexibility index (Phi) is 3.52. The molecule has 0 aliphatic heterocycles. The second-order valence-corrected chi connectivity index (χ2v) is 5.04. The topological polar surface area (TPSA) is 12.0 Å². The Morgan fingerprint density at radius 1 is 1.27 bits per heavy atom. The molecule has 0 aliphatic carbocycles. The third kappa shape index (κ3) is 2.13. The molecule has 0 unspecified atom stereocenters. The van der Waals surface area contributed by atoms with Crippen LogP contribution in [-0.2, 0) is 6.42 Å². The minimum atomic E-state index is 0.787. The highest BCUT2D eigenvalue weighted by molar-refractivity contribution is 7.18. The van der Waals surface area contributed by atoms with E-state index in [1.54, 1.807) is 11.3 Å². The van der Waals surface area contributed by atoms with Crippen LogP contribution >= 0.6 is 34.5 Å². The van der Waals surface area contributed by atoms with Gasteiger partial charge in [-0.15, -0.1) is 11.3 Å². The van der Waals surface area contributed by atoms with Gasteiger partial charge in [-0.25, -0.2) is 0 Å². The maximum Gasteiger partial charge on any atom is 0.0585 e. The number of hydrogen-bond donors (Lipinski definition) is 1. The van der Waals surface area contributed by atoms with Crippen molar-refractivity contribution < 1.29 is 0 Å². The van der Waals surface area contributed by atoms with Crippen LogP contribution in [0.1, 0.15) is 5.56 Å². The molecule has 0 radical (unpaired) electrons. The third-order valence-electron chi connectivity index (χ3n) is 2.34. The second-order valence-electron chi connectivity index (χ2n) is 3.35. The summed E-state index contributed by atoms with van der Waals surface area (Å²) in [6.45, 7) is 0.953. The van der Waals surface area contributed by atoms with Crippen molar-refractivity contribution in [2.75, 3.05) is 13.6 Å². The Hall–Kier alpha value is -0.280.